The van der Waals surface area contributed by atoms with E-state index >= 15 is 0 Å². The van der Waals surface area contributed by atoms with Crippen LogP contribution in [0.3, 0.4) is 0 Å². The minimum atomic E-state index is -0.481. The van der Waals surface area contributed by atoms with Crippen LogP contribution in [0.1, 0.15) is 19.3 Å². The van der Waals surface area contributed by atoms with Crippen molar-refractivity contribution in [3.8, 4) is 0 Å². The van der Waals surface area contributed by atoms with Gasteiger partial charge in [-0.2, -0.15) is 0 Å². The number of aliphatic hydroxyl groups excluding tert-OH is 1. The van der Waals surface area contributed by atoms with Gasteiger partial charge in [-0.25, -0.2) is 0 Å². The lowest BCUT2D eigenvalue weighted by atomic mass is 10.3. The van der Waals surface area contributed by atoms with E-state index in [1.165, 1.54) is 0 Å². The lowest BCUT2D eigenvalue weighted by molar-refractivity contribution is -0.151. The van der Waals surface area contributed by atoms with Crippen molar-refractivity contribution >= 4 is 5.97 Å². The molecule has 1 fully saturated rings. The fraction of sp³-hybridized carbons (Fsp3) is 0.857. The molecule has 3 N–H and O–H groups in total. The average molecular weight is 159 g/mol. The third-order valence-corrected chi connectivity index (χ3v) is 1.87. The van der Waals surface area contributed by atoms with Gasteiger partial charge in [-0.1, -0.05) is 0 Å². The van der Waals surface area contributed by atoms with E-state index in [9.17, 15) is 9.90 Å². The molecule has 1 aliphatic carbocycles. The second-order valence-electron chi connectivity index (χ2n) is 2.73. The first-order chi connectivity index (χ1) is 5.24. The molecule has 1 saturated carbocycles. The molecule has 0 aromatic carbocycles. The number of carbonyl (C=O) groups is 1. The van der Waals surface area contributed by atoms with Crippen LogP contribution in [-0.2, 0) is 9.53 Å². The van der Waals surface area contributed by atoms with Crippen molar-refractivity contribution in [2.75, 3.05) is 6.54 Å². The van der Waals surface area contributed by atoms with Gasteiger partial charge in [0, 0.05) is 0 Å². The van der Waals surface area contributed by atoms with E-state index < -0.39 is 12.1 Å². The third-order valence-electron chi connectivity index (χ3n) is 1.87. The summed E-state index contributed by atoms with van der Waals surface area (Å²) >= 11 is 0. The lowest BCUT2D eigenvalue weighted by Gasteiger charge is -2.14. The Morgan fingerprint density at radius 2 is 2.36 bits per heavy atom. The van der Waals surface area contributed by atoms with Gasteiger partial charge in [0.05, 0.1) is 12.6 Å². The van der Waals surface area contributed by atoms with Crippen LogP contribution in [0.15, 0.2) is 0 Å². The molecule has 0 aliphatic heterocycles. The quantitative estimate of drug-likeness (QED) is 0.528. The van der Waals surface area contributed by atoms with Gasteiger partial charge in [0.25, 0.3) is 0 Å². The van der Waals surface area contributed by atoms with Crippen LogP contribution in [-0.4, -0.2) is 29.8 Å². The summed E-state index contributed by atoms with van der Waals surface area (Å²) in [5.41, 5.74) is 5.04. The highest BCUT2D eigenvalue weighted by Gasteiger charge is 2.27. The molecule has 0 heterocycles. The monoisotopic (exact) mass is 159 g/mol. The number of carbonyl (C=O) groups excluding carboxylic acids is 1. The number of hydrogen-bond donors (Lipinski definition) is 2. The predicted octanol–water partition coefficient (Wildman–Crippen LogP) is -0.598. The molecule has 4 heteroatoms. The van der Waals surface area contributed by atoms with Crippen molar-refractivity contribution < 1.29 is 14.6 Å². The van der Waals surface area contributed by atoms with Crippen molar-refractivity contribution in [3.05, 3.63) is 0 Å². The fourth-order valence-electron chi connectivity index (χ4n) is 1.26. The van der Waals surface area contributed by atoms with E-state index in [1.807, 2.05) is 0 Å². The molecular weight excluding hydrogens is 146 g/mol. The lowest BCUT2D eigenvalue weighted by Crippen LogP contribution is -2.29. The fourth-order valence-corrected chi connectivity index (χ4v) is 1.26. The Bertz CT molecular complexity index is 149. The van der Waals surface area contributed by atoms with Crippen molar-refractivity contribution in [3.63, 3.8) is 0 Å². The summed E-state index contributed by atoms with van der Waals surface area (Å²) in [4.78, 5) is 10.7. The Balaban J connectivity index is 2.30. The Morgan fingerprint density at radius 3 is 2.82 bits per heavy atom. The maximum atomic E-state index is 10.7. The smallest absolute Gasteiger partial charge is 0.320 e. The van der Waals surface area contributed by atoms with Gasteiger partial charge in [0.15, 0.2) is 0 Å². The predicted molar refractivity (Wildman–Crippen MR) is 38.8 cm³/mol. The number of hydrogen-bond acceptors (Lipinski definition) is 4. The van der Waals surface area contributed by atoms with Gasteiger partial charge in [-0.3, -0.25) is 4.79 Å². The molecule has 2 atom stereocenters. The normalized spacial score (nSPS) is 30.4. The zero-order chi connectivity index (χ0) is 8.27. The maximum Gasteiger partial charge on any atom is 0.320 e. The number of nitrogens with two attached hydrogens (primary N) is 1. The van der Waals surface area contributed by atoms with E-state index in [1.54, 1.807) is 0 Å². The van der Waals surface area contributed by atoms with Crippen molar-refractivity contribution in [2.24, 2.45) is 5.73 Å². The van der Waals surface area contributed by atoms with Gasteiger partial charge < -0.3 is 15.6 Å². The first-order valence-corrected chi connectivity index (χ1v) is 3.81. The Hall–Kier alpha value is -0.610. The van der Waals surface area contributed by atoms with Crippen molar-refractivity contribution in [1.82, 2.24) is 0 Å². The number of rotatable bonds is 2. The highest BCUT2D eigenvalue weighted by atomic mass is 16.6. The van der Waals surface area contributed by atoms with Crippen LogP contribution >= 0.6 is 0 Å². The van der Waals surface area contributed by atoms with Crippen LogP contribution in [0.5, 0.6) is 0 Å². The summed E-state index contributed by atoms with van der Waals surface area (Å²) in [6.07, 6.45) is 1.61. The summed E-state index contributed by atoms with van der Waals surface area (Å²) < 4.78 is 4.86. The molecule has 2 unspecified atom stereocenters. The van der Waals surface area contributed by atoms with Crippen molar-refractivity contribution in [1.29, 1.82) is 0 Å². The summed E-state index contributed by atoms with van der Waals surface area (Å²) in [5, 5.41) is 9.22. The van der Waals surface area contributed by atoms with Gasteiger partial charge in [0.1, 0.15) is 6.10 Å². The summed E-state index contributed by atoms with van der Waals surface area (Å²) in [7, 11) is 0. The molecule has 1 rings (SSSR count). The minimum absolute atomic E-state index is 0.108. The number of ether oxygens (including phenoxy) is 1. The number of esters is 1. The molecule has 0 amide bonds. The van der Waals surface area contributed by atoms with Gasteiger partial charge >= 0.3 is 5.97 Å². The Kier molecular flexibility index (Phi) is 2.84. The van der Waals surface area contributed by atoms with Crippen LogP contribution in [0, 0.1) is 0 Å². The maximum absolute atomic E-state index is 10.7. The zero-order valence-corrected chi connectivity index (χ0v) is 6.32. The summed E-state index contributed by atoms with van der Waals surface area (Å²) in [6, 6.07) is 0. The van der Waals surface area contributed by atoms with Crippen molar-refractivity contribution in [2.45, 2.75) is 31.5 Å². The van der Waals surface area contributed by atoms with Crippen LogP contribution in [0.25, 0.3) is 0 Å². The molecule has 0 bridgehead atoms. The molecule has 0 aromatic heterocycles. The standard InChI is InChI=1S/C7H13NO3/c8-4-7(10)11-6-3-1-2-5(6)9/h5-6,9H,1-4,8H2. The molecule has 0 radical (unpaired) electrons. The van der Waals surface area contributed by atoms with Gasteiger partial charge in [-0.15, -0.1) is 0 Å². The van der Waals surface area contributed by atoms with E-state index in [0.29, 0.717) is 0 Å². The van der Waals surface area contributed by atoms with Crippen LogP contribution in [0.2, 0.25) is 0 Å². The average Bonchev–Trinajstić information content (AvgIpc) is 2.37. The molecular formula is C7H13NO3. The largest absolute Gasteiger partial charge is 0.459 e. The first kappa shape index (κ1) is 8.49. The van der Waals surface area contributed by atoms with Crippen LogP contribution in [0.4, 0.5) is 0 Å². The Labute approximate surface area is 65.3 Å². The molecule has 11 heavy (non-hydrogen) atoms. The SMILES string of the molecule is NCC(=O)OC1CCCC1O. The summed E-state index contributed by atoms with van der Waals surface area (Å²) in [5.74, 6) is -0.434. The van der Waals surface area contributed by atoms with E-state index in [0.717, 1.165) is 19.3 Å². The van der Waals surface area contributed by atoms with Crippen LogP contribution < -0.4 is 5.73 Å². The Morgan fingerprint density at radius 1 is 1.64 bits per heavy atom. The first-order valence-electron chi connectivity index (χ1n) is 3.81. The molecule has 0 saturated heterocycles. The molecule has 4 nitrogen and oxygen atoms in total. The molecule has 0 aromatic rings. The van der Waals surface area contributed by atoms with E-state index in [2.05, 4.69) is 0 Å². The van der Waals surface area contributed by atoms with Gasteiger partial charge in [0.2, 0.25) is 0 Å². The molecule has 1 aliphatic rings. The second kappa shape index (κ2) is 3.69. The number of aliphatic hydroxyl groups is 1. The highest BCUT2D eigenvalue weighted by Crippen LogP contribution is 2.21. The van der Waals surface area contributed by atoms with E-state index in [-0.39, 0.29) is 12.6 Å². The molecule has 0 spiro atoms. The van der Waals surface area contributed by atoms with Gasteiger partial charge in [-0.05, 0) is 19.3 Å². The topological polar surface area (TPSA) is 72.6 Å². The zero-order valence-electron chi connectivity index (χ0n) is 6.32. The summed E-state index contributed by atoms with van der Waals surface area (Å²) in [6.45, 7) is -0.108. The van der Waals surface area contributed by atoms with E-state index in [4.69, 9.17) is 10.5 Å². The third kappa shape index (κ3) is 2.17. The minimum Gasteiger partial charge on any atom is -0.459 e. The second-order valence-corrected chi connectivity index (χ2v) is 2.73. The molecule has 64 valence electrons. The highest BCUT2D eigenvalue weighted by molar-refractivity contribution is 5.71.